The van der Waals surface area contributed by atoms with Crippen LogP contribution in [0.1, 0.15) is 11.5 Å². The first-order valence-corrected chi connectivity index (χ1v) is 9.18. The van der Waals surface area contributed by atoms with Gasteiger partial charge in [-0.25, -0.2) is 8.42 Å². The Kier molecular flexibility index (Phi) is 3.75. The highest BCUT2D eigenvalue weighted by Gasteiger charge is 2.73. The second-order valence-corrected chi connectivity index (χ2v) is 8.39. The van der Waals surface area contributed by atoms with E-state index in [9.17, 15) is 18.9 Å². The third-order valence-electron chi connectivity index (χ3n) is 4.14. The van der Waals surface area contributed by atoms with Gasteiger partial charge in [0.05, 0.1) is 17.0 Å². The van der Waals surface area contributed by atoms with Crippen LogP contribution in [-0.4, -0.2) is 13.7 Å². The molecule has 1 saturated carbocycles. The predicted molar refractivity (Wildman–Crippen MR) is 88.0 cm³/mol. The molecular formula is C17H11BrN2O2S. The molecule has 0 aromatic heterocycles. The molecule has 3 rings (SSSR count). The lowest BCUT2D eigenvalue weighted by Gasteiger charge is -2.03. The van der Waals surface area contributed by atoms with E-state index in [4.69, 9.17) is 0 Å². The van der Waals surface area contributed by atoms with Crippen molar-refractivity contribution < 1.29 is 8.42 Å². The number of hydrogen-bond acceptors (Lipinski definition) is 4. The third kappa shape index (κ3) is 2.35. The van der Waals surface area contributed by atoms with Gasteiger partial charge in [0.1, 0.15) is 5.25 Å². The van der Waals surface area contributed by atoms with Gasteiger partial charge in [-0.05, 0) is 29.8 Å². The van der Waals surface area contributed by atoms with Crippen molar-refractivity contribution in [2.75, 3.05) is 0 Å². The Bertz CT molecular complexity index is 911. The minimum absolute atomic E-state index is 0.138. The SMILES string of the molecule is N#CC1(C#N)C(c2ccc(Br)cc2)C1S(=O)(=O)c1ccccc1. The topological polar surface area (TPSA) is 81.7 Å². The molecule has 0 spiro atoms. The van der Waals surface area contributed by atoms with Crippen LogP contribution in [0.15, 0.2) is 64.0 Å². The van der Waals surface area contributed by atoms with Crippen molar-refractivity contribution in [3.63, 3.8) is 0 Å². The Morgan fingerprint density at radius 2 is 1.52 bits per heavy atom. The Morgan fingerprint density at radius 1 is 0.957 bits per heavy atom. The van der Waals surface area contributed by atoms with E-state index in [1.807, 2.05) is 12.1 Å². The summed E-state index contributed by atoms with van der Waals surface area (Å²) in [4.78, 5) is 0.138. The molecule has 0 N–H and O–H groups in total. The van der Waals surface area contributed by atoms with E-state index in [1.54, 1.807) is 42.5 Å². The Hall–Kier alpha value is -2.15. The number of nitriles is 2. The first-order valence-electron chi connectivity index (χ1n) is 6.84. The fraction of sp³-hybridized carbons (Fsp3) is 0.176. The van der Waals surface area contributed by atoms with Crippen molar-refractivity contribution in [2.45, 2.75) is 16.1 Å². The highest BCUT2D eigenvalue weighted by molar-refractivity contribution is 9.10. The average Bonchev–Trinajstić information content (AvgIpc) is 3.27. The van der Waals surface area contributed by atoms with Gasteiger partial charge in [0.2, 0.25) is 0 Å². The van der Waals surface area contributed by atoms with Crippen LogP contribution in [-0.2, 0) is 9.84 Å². The molecule has 2 aromatic carbocycles. The molecule has 1 aliphatic rings. The maximum atomic E-state index is 12.9. The lowest BCUT2D eigenvalue weighted by molar-refractivity contribution is 0.591. The Morgan fingerprint density at radius 3 is 2.04 bits per heavy atom. The molecule has 0 bridgehead atoms. The summed E-state index contributed by atoms with van der Waals surface area (Å²) in [5.74, 6) is -0.643. The number of rotatable bonds is 3. The van der Waals surface area contributed by atoms with Gasteiger partial charge in [-0.15, -0.1) is 0 Å². The van der Waals surface area contributed by atoms with Crippen molar-refractivity contribution in [1.82, 2.24) is 0 Å². The molecule has 2 atom stereocenters. The van der Waals surface area contributed by atoms with Gasteiger partial charge in [0.25, 0.3) is 0 Å². The summed E-state index contributed by atoms with van der Waals surface area (Å²) < 4.78 is 26.6. The van der Waals surface area contributed by atoms with E-state index in [1.165, 1.54) is 12.1 Å². The van der Waals surface area contributed by atoms with Crippen molar-refractivity contribution in [3.8, 4) is 12.1 Å². The Labute approximate surface area is 143 Å². The van der Waals surface area contributed by atoms with Crippen LogP contribution >= 0.6 is 15.9 Å². The molecule has 23 heavy (non-hydrogen) atoms. The van der Waals surface area contributed by atoms with E-state index in [-0.39, 0.29) is 4.90 Å². The second kappa shape index (κ2) is 5.49. The molecule has 6 heteroatoms. The quantitative estimate of drug-likeness (QED) is 0.808. The lowest BCUT2D eigenvalue weighted by atomic mass is 10.0. The largest absolute Gasteiger partial charge is 0.223 e. The monoisotopic (exact) mass is 386 g/mol. The van der Waals surface area contributed by atoms with Crippen molar-refractivity contribution in [3.05, 3.63) is 64.6 Å². The number of nitrogens with zero attached hydrogens (tertiary/aromatic N) is 2. The highest BCUT2D eigenvalue weighted by atomic mass is 79.9. The summed E-state index contributed by atoms with van der Waals surface area (Å²) in [6.07, 6.45) is 0. The molecule has 0 aliphatic heterocycles. The molecule has 114 valence electrons. The molecule has 1 fully saturated rings. The van der Waals surface area contributed by atoms with E-state index in [0.717, 1.165) is 4.47 Å². The zero-order valence-corrected chi connectivity index (χ0v) is 14.3. The van der Waals surface area contributed by atoms with Gasteiger partial charge in [0, 0.05) is 10.4 Å². The molecule has 0 heterocycles. The van der Waals surface area contributed by atoms with Gasteiger partial charge in [0.15, 0.2) is 15.3 Å². The van der Waals surface area contributed by atoms with Gasteiger partial charge in [-0.2, -0.15) is 10.5 Å². The molecule has 0 amide bonds. The van der Waals surface area contributed by atoms with E-state index >= 15 is 0 Å². The fourth-order valence-corrected chi connectivity index (χ4v) is 5.42. The van der Waals surface area contributed by atoms with Gasteiger partial charge >= 0.3 is 0 Å². The number of halogens is 1. The highest BCUT2D eigenvalue weighted by Crippen LogP contribution is 2.63. The number of hydrogen-bond donors (Lipinski definition) is 0. The first-order chi connectivity index (χ1) is 11.0. The van der Waals surface area contributed by atoms with Gasteiger partial charge in [-0.1, -0.05) is 46.3 Å². The van der Waals surface area contributed by atoms with Crippen molar-refractivity contribution in [2.24, 2.45) is 5.41 Å². The number of benzene rings is 2. The zero-order chi connectivity index (χ0) is 16.7. The van der Waals surface area contributed by atoms with Crippen LogP contribution in [0.3, 0.4) is 0 Å². The minimum atomic E-state index is -3.76. The smallest absolute Gasteiger partial charge is 0.184 e. The van der Waals surface area contributed by atoms with Crippen LogP contribution in [0.25, 0.3) is 0 Å². The summed E-state index contributed by atoms with van der Waals surface area (Å²) in [5, 5.41) is 17.9. The van der Waals surface area contributed by atoms with Crippen LogP contribution in [0.5, 0.6) is 0 Å². The lowest BCUT2D eigenvalue weighted by Crippen LogP contribution is -2.14. The standard InChI is InChI=1S/C17H11BrN2O2S/c18-13-8-6-12(7-9-13)15-16(17(15,10-19)11-20)23(21,22)14-4-2-1-3-5-14/h1-9,15-16H. The van der Waals surface area contributed by atoms with E-state index in [2.05, 4.69) is 15.9 Å². The predicted octanol–water partition coefficient (Wildman–Crippen LogP) is 3.42. The van der Waals surface area contributed by atoms with E-state index < -0.39 is 26.4 Å². The summed E-state index contributed by atoms with van der Waals surface area (Å²) in [6.45, 7) is 0. The minimum Gasteiger partial charge on any atom is -0.223 e. The van der Waals surface area contributed by atoms with Gasteiger partial charge in [-0.3, -0.25) is 0 Å². The van der Waals surface area contributed by atoms with Gasteiger partial charge < -0.3 is 0 Å². The van der Waals surface area contributed by atoms with Crippen LogP contribution in [0.2, 0.25) is 0 Å². The zero-order valence-electron chi connectivity index (χ0n) is 11.8. The average molecular weight is 387 g/mol. The summed E-state index contributed by atoms with van der Waals surface area (Å²) in [7, 11) is -3.76. The summed E-state index contributed by atoms with van der Waals surface area (Å²) in [6, 6.07) is 18.9. The maximum Gasteiger partial charge on any atom is 0.184 e. The summed E-state index contributed by atoms with van der Waals surface area (Å²) >= 11 is 3.32. The maximum absolute atomic E-state index is 12.9. The number of sulfone groups is 1. The van der Waals surface area contributed by atoms with Crippen molar-refractivity contribution >= 4 is 25.8 Å². The van der Waals surface area contributed by atoms with Crippen LogP contribution < -0.4 is 0 Å². The van der Waals surface area contributed by atoms with Crippen molar-refractivity contribution in [1.29, 1.82) is 10.5 Å². The second-order valence-electron chi connectivity index (χ2n) is 5.40. The molecule has 4 nitrogen and oxygen atoms in total. The van der Waals surface area contributed by atoms with E-state index in [0.29, 0.717) is 5.56 Å². The van der Waals surface area contributed by atoms with Crippen LogP contribution in [0, 0.1) is 28.1 Å². The molecule has 0 saturated heterocycles. The molecule has 2 unspecified atom stereocenters. The fourth-order valence-electron chi connectivity index (χ4n) is 2.94. The molecule has 2 aromatic rings. The first kappa shape index (κ1) is 15.7. The Balaban J connectivity index is 2.10. The molecule has 0 radical (unpaired) electrons. The molecule has 1 aliphatic carbocycles. The normalized spacial score (nSPS) is 21.9. The van der Waals surface area contributed by atoms with Crippen LogP contribution in [0.4, 0.5) is 0 Å². The third-order valence-corrected chi connectivity index (χ3v) is 6.91. The summed E-state index contributed by atoms with van der Waals surface area (Å²) in [5.41, 5.74) is -0.858. The molecular weight excluding hydrogens is 376 g/mol.